The van der Waals surface area contributed by atoms with E-state index in [1.54, 1.807) is 7.11 Å². The van der Waals surface area contributed by atoms with Crippen LogP contribution >= 0.6 is 0 Å². The maximum Gasteiger partial charge on any atom is 0.141 e. The fourth-order valence-electron chi connectivity index (χ4n) is 2.14. The van der Waals surface area contributed by atoms with Crippen LogP contribution in [0.25, 0.3) is 0 Å². The van der Waals surface area contributed by atoms with E-state index in [9.17, 15) is 0 Å². The maximum atomic E-state index is 5.78. The van der Waals surface area contributed by atoms with E-state index in [4.69, 9.17) is 9.47 Å². The zero-order chi connectivity index (χ0) is 14.9. The zero-order valence-electron chi connectivity index (χ0n) is 12.8. The molecule has 0 spiro atoms. The SMILES string of the molecule is COc1ccccc1NCCCCOc1ccccc1C. The van der Waals surface area contributed by atoms with Gasteiger partial charge in [0.2, 0.25) is 0 Å². The van der Waals surface area contributed by atoms with Crippen LogP contribution in [0.5, 0.6) is 11.5 Å². The molecule has 2 aromatic rings. The van der Waals surface area contributed by atoms with Crippen molar-refractivity contribution in [2.75, 3.05) is 25.6 Å². The number of para-hydroxylation sites is 3. The lowest BCUT2D eigenvalue weighted by Gasteiger charge is -2.11. The topological polar surface area (TPSA) is 30.5 Å². The second-order valence-electron chi connectivity index (χ2n) is 4.95. The number of aryl methyl sites for hydroxylation is 1. The summed E-state index contributed by atoms with van der Waals surface area (Å²) in [5.74, 6) is 1.86. The third kappa shape index (κ3) is 4.71. The van der Waals surface area contributed by atoms with Crippen molar-refractivity contribution < 1.29 is 9.47 Å². The molecule has 0 aliphatic rings. The second kappa shape index (κ2) is 8.20. The molecular weight excluding hydrogens is 262 g/mol. The first kappa shape index (κ1) is 15.2. The molecule has 2 rings (SSSR count). The highest BCUT2D eigenvalue weighted by molar-refractivity contribution is 5.55. The summed E-state index contributed by atoms with van der Waals surface area (Å²) in [7, 11) is 1.69. The third-order valence-corrected chi connectivity index (χ3v) is 3.34. The van der Waals surface area contributed by atoms with Crippen molar-refractivity contribution in [2.24, 2.45) is 0 Å². The van der Waals surface area contributed by atoms with Gasteiger partial charge in [-0.15, -0.1) is 0 Å². The van der Waals surface area contributed by atoms with E-state index in [1.807, 2.05) is 42.5 Å². The van der Waals surface area contributed by atoms with Crippen LogP contribution in [-0.2, 0) is 0 Å². The summed E-state index contributed by atoms with van der Waals surface area (Å²) in [5, 5.41) is 3.39. The van der Waals surface area contributed by atoms with Crippen molar-refractivity contribution in [3.05, 3.63) is 54.1 Å². The second-order valence-corrected chi connectivity index (χ2v) is 4.95. The highest BCUT2D eigenvalue weighted by Gasteiger charge is 2.00. The van der Waals surface area contributed by atoms with Crippen molar-refractivity contribution in [3.8, 4) is 11.5 Å². The maximum absolute atomic E-state index is 5.78. The van der Waals surface area contributed by atoms with Gasteiger partial charge in [-0.3, -0.25) is 0 Å². The van der Waals surface area contributed by atoms with Crippen LogP contribution in [-0.4, -0.2) is 20.3 Å². The van der Waals surface area contributed by atoms with E-state index in [1.165, 1.54) is 5.56 Å². The average molecular weight is 285 g/mol. The molecule has 3 nitrogen and oxygen atoms in total. The number of rotatable bonds is 8. The Labute approximate surface area is 126 Å². The summed E-state index contributed by atoms with van der Waals surface area (Å²) in [6.07, 6.45) is 2.08. The summed E-state index contributed by atoms with van der Waals surface area (Å²) in [5.41, 5.74) is 2.23. The van der Waals surface area contributed by atoms with Gasteiger partial charge in [-0.25, -0.2) is 0 Å². The molecule has 0 atom stereocenters. The van der Waals surface area contributed by atoms with E-state index >= 15 is 0 Å². The Bertz CT molecular complexity index is 554. The molecule has 0 saturated heterocycles. The molecule has 0 aromatic heterocycles. The van der Waals surface area contributed by atoms with Gasteiger partial charge in [0.05, 0.1) is 19.4 Å². The average Bonchev–Trinajstić information content (AvgIpc) is 2.52. The van der Waals surface area contributed by atoms with Gasteiger partial charge in [0.1, 0.15) is 11.5 Å². The predicted molar refractivity (Wildman–Crippen MR) is 87.4 cm³/mol. The third-order valence-electron chi connectivity index (χ3n) is 3.34. The van der Waals surface area contributed by atoms with Crippen LogP contribution in [0.15, 0.2) is 48.5 Å². The van der Waals surface area contributed by atoms with Gasteiger partial charge in [0.25, 0.3) is 0 Å². The summed E-state index contributed by atoms with van der Waals surface area (Å²) < 4.78 is 11.1. The summed E-state index contributed by atoms with van der Waals surface area (Å²) in [6.45, 7) is 3.73. The van der Waals surface area contributed by atoms with Crippen LogP contribution in [0.4, 0.5) is 5.69 Å². The standard InChI is InChI=1S/C18H23NO2/c1-15-9-3-5-11-17(15)21-14-8-7-13-19-16-10-4-6-12-18(16)20-2/h3-6,9-12,19H,7-8,13-14H2,1-2H3. The minimum Gasteiger partial charge on any atom is -0.495 e. The molecule has 0 aliphatic heterocycles. The number of ether oxygens (including phenoxy) is 2. The van der Waals surface area contributed by atoms with Crippen molar-refractivity contribution in [1.29, 1.82) is 0 Å². The molecule has 3 heteroatoms. The Hall–Kier alpha value is -2.16. The van der Waals surface area contributed by atoms with E-state index in [2.05, 4.69) is 18.3 Å². The lowest BCUT2D eigenvalue weighted by molar-refractivity contribution is 0.306. The number of unbranched alkanes of at least 4 members (excludes halogenated alkanes) is 1. The minimum atomic E-state index is 0.748. The van der Waals surface area contributed by atoms with Gasteiger partial charge in [0, 0.05) is 6.54 Å². The zero-order valence-corrected chi connectivity index (χ0v) is 12.8. The van der Waals surface area contributed by atoms with Crippen molar-refractivity contribution >= 4 is 5.69 Å². The first-order chi connectivity index (χ1) is 10.3. The Morgan fingerprint density at radius 3 is 2.38 bits per heavy atom. The number of hydrogen-bond donors (Lipinski definition) is 1. The fraction of sp³-hybridized carbons (Fsp3) is 0.333. The Balaban J connectivity index is 1.65. The van der Waals surface area contributed by atoms with Crippen molar-refractivity contribution in [3.63, 3.8) is 0 Å². The van der Waals surface area contributed by atoms with E-state index in [0.29, 0.717) is 0 Å². The number of nitrogens with one attached hydrogen (secondary N) is 1. The minimum absolute atomic E-state index is 0.748. The van der Waals surface area contributed by atoms with E-state index in [-0.39, 0.29) is 0 Å². The normalized spacial score (nSPS) is 10.2. The number of anilines is 1. The van der Waals surface area contributed by atoms with Gasteiger partial charge in [-0.1, -0.05) is 30.3 Å². The first-order valence-electron chi connectivity index (χ1n) is 7.36. The first-order valence-corrected chi connectivity index (χ1v) is 7.36. The molecule has 112 valence electrons. The summed E-state index contributed by atoms with van der Waals surface area (Å²) in [6, 6.07) is 16.1. The van der Waals surface area contributed by atoms with Gasteiger partial charge in [-0.05, 0) is 43.5 Å². The van der Waals surface area contributed by atoms with Gasteiger partial charge in [-0.2, -0.15) is 0 Å². The molecule has 0 heterocycles. The molecule has 0 unspecified atom stereocenters. The number of benzene rings is 2. The van der Waals surface area contributed by atoms with E-state index < -0.39 is 0 Å². The molecule has 1 N–H and O–H groups in total. The number of methoxy groups -OCH3 is 1. The van der Waals surface area contributed by atoms with Gasteiger partial charge < -0.3 is 14.8 Å². The molecule has 0 bridgehead atoms. The Morgan fingerprint density at radius 1 is 0.905 bits per heavy atom. The van der Waals surface area contributed by atoms with E-state index in [0.717, 1.165) is 43.2 Å². The highest BCUT2D eigenvalue weighted by Crippen LogP contribution is 2.22. The van der Waals surface area contributed by atoms with Crippen molar-refractivity contribution in [1.82, 2.24) is 0 Å². The van der Waals surface area contributed by atoms with Crippen LogP contribution < -0.4 is 14.8 Å². The highest BCUT2D eigenvalue weighted by atomic mass is 16.5. The summed E-state index contributed by atoms with van der Waals surface area (Å²) >= 11 is 0. The monoisotopic (exact) mass is 285 g/mol. The summed E-state index contributed by atoms with van der Waals surface area (Å²) in [4.78, 5) is 0. The van der Waals surface area contributed by atoms with Crippen molar-refractivity contribution in [2.45, 2.75) is 19.8 Å². The molecule has 2 aromatic carbocycles. The van der Waals surface area contributed by atoms with Crippen LogP contribution in [0, 0.1) is 6.92 Å². The molecular formula is C18H23NO2. The molecule has 21 heavy (non-hydrogen) atoms. The molecule has 0 fully saturated rings. The van der Waals surface area contributed by atoms with Gasteiger partial charge in [0.15, 0.2) is 0 Å². The Kier molecular flexibility index (Phi) is 5.95. The molecule has 0 amide bonds. The fourth-order valence-corrected chi connectivity index (χ4v) is 2.14. The lowest BCUT2D eigenvalue weighted by atomic mass is 10.2. The van der Waals surface area contributed by atoms with Crippen LogP contribution in [0.3, 0.4) is 0 Å². The predicted octanol–water partition coefficient (Wildman–Crippen LogP) is 4.27. The Morgan fingerprint density at radius 2 is 1.62 bits per heavy atom. The quantitative estimate of drug-likeness (QED) is 0.735. The number of hydrogen-bond acceptors (Lipinski definition) is 3. The lowest BCUT2D eigenvalue weighted by Crippen LogP contribution is -2.06. The molecule has 0 radical (unpaired) electrons. The largest absolute Gasteiger partial charge is 0.495 e. The van der Waals surface area contributed by atoms with Gasteiger partial charge >= 0.3 is 0 Å². The smallest absolute Gasteiger partial charge is 0.141 e. The molecule has 0 aliphatic carbocycles. The van der Waals surface area contributed by atoms with Crippen LogP contribution in [0.1, 0.15) is 18.4 Å². The van der Waals surface area contributed by atoms with Crippen LogP contribution in [0.2, 0.25) is 0 Å². The molecule has 0 saturated carbocycles.